The second-order valence-electron chi connectivity index (χ2n) is 4.90. The maximum atomic E-state index is 13.1. The van der Waals surface area contributed by atoms with Crippen molar-refractivity contribution in [2.24, 2.45) is 0 Å². The average molecular weight is 331 g/mol. The van der Waals surface area contributed by atoms with Gasteiger partial charge in [-0.3, -0.25) is 10.1 Å². The van der Waals surface area contributed by atoms with Crippen molar-refractivity contribution in [2.75, 3.05) is 7.11 Å². The molecule has 0 aliphatic rings. The maximum absolute atomic E-state index is 13.1. The Morgan fingerprint density at radius 3 is 2.54 bits per heavy atom. The Hall–Kier alpha value is -3.42. The Morgan fingerprint density at radius 1 is 1.29 bits per heavy atom. The third-order valence-electron chi connectivity index (χ3n) is 3.48. The molecule has 0 spiro atoms. The second kappa shape index (κ2) is 5.65. The van der Waals surface area contributed by atoms with Crippen LogP contribution in [0.15, 0.2) is 40.8 Å². The van der Waals surface area contributed by atoms with E-state index in [4.69, 9.17) is 9.15 Å². The first-order valence-corrected chi connectivity index (χ1v) is 6.70. The number of phenolic OH excluding ortho intramolecular Hbond substituents is 1. The predicted octanol–water partition coefficient (Wildman–Crippen LogP) is 3.64. The number of nitro benzene ring substituents is 1. The number of phenols is 1. The first-order chi connectivity index (χ1) is 11.4. The minimum atomic E-state index is -0.771. The van der Waals surface area contributed by atoms with Crippen LogP contribution in [0.2, 0.25) is 0 Å². The molecule has 3 aromatic rings. The zero-order valence-electron chi connectivity index (χ0n) is 12.3. The van der Waals surface area contributed by atoms with Gasteiger partial charge in [-0.15, -0.1) is 0 Å². The molecule has 0 atom stereocenters. The largest absolute Gasteiger partial charge is 0.502 e. The van der Waals surface area contributed by atoms with Crippen LogP contribution in [0.4, 0.5) is 10.1 Å². The van der Waals surface area contributed by atoms with Crippen LogP contribution in [0.5, 0.6) is 5.75 Å². The molecule has 122 valence electrons. The number of aromatic hydroxyl groups is 1. The molecule has 0 bridgehead atoms. The summed E-state index contributed by atoms with van der Waals surface area (Å²) in [6, 6.07) is 7.24. The molecule has 0 saturated heterocycles. The lowest BCUT2D eigenvalue weighted by atomic mass is 10.0. The number of nitrogens with zero attached hydrogens (tertiary/aromatic N) is 1. The summed E-state index contributed by atoms with van der Waals surface area (Å²) in [6.07, 6.45) is 0. The maximum Gasteiger partial charge on any atom is 0.342 e. The number of ether oxygens (including phenoxy) is 1. The van der Waals surface area contributed by atoms with E-state index in [1.54, 1.807) is 0 Å². The number of nitro groups is 1. The molecule has 0 aliphatic heterocycles. The van der Waals surface area contributed by atoms with Gasteiger partial charge in [0.15, 0.2) is 5.75 Å². The van der Waals surface area contributed by atoms with E-state index in [2.05, 4.69) is 0 Å². The van der Waals surface area contributed by atoms with Crippen LogP contribution in [0.1, 0.15) is 10.4 Å². The van der Waals surface area contributed by atoms with E-state index >= 15 is 0 Å². The molecule has 0 amide bonds. The summed E-state index contributed by atoms with van der Waals surface area (Å²) < 4.78 is 23.4. The molecule has 3 rings (SSSR count). The number of halogens is 1. The zero-order valence-corrected chi connectivity index (χ0v) is 12.3. The fourth-order valence-corrected chi connectivity index (χ4v) is 2.38. The van der Waals surface area contributed by atoms with Crippen molar-refractivity contribution >= 4 is 22.6 Å². The normalized spacial score (nSPS) is 10.8. The SMILES string of the molecule is COC(=O)c1c(-c2ccc(F)cc2)oc2cc([N+](=O)[O-])c(O)cc12. The molecule has 0 radical (unpaired) electrons. The zero-order chi connectivity index (χ0) is 17.4. The number of furan rings is 1. The van der Waals surface area contributed by atoms with E-state index in [0.717, 1.165) is 12.1 Å². The Morgan fingerprint density at radius 2 is 1.96 bits per heavy atom. The molecule has 1 heterocycles. The standard InChI is InChI=1S/C16H10FNO6/c1-23-16(20)14-10-6-12(19)11(18(21)22)7-13(10)24-15(14)8-2-4-9(17)5-3-8/h2-7,19H,1H3. The predicted molar refractivity (Wildman–Crippen MR) is 81.3 cm³/mol. The van der Waals surface area contributed by atoms with E-state index in [0.29, 0.717) is 5.56 Å². The van der Waals surface area contributed by atoms with Crippen molar-refractivity contribution in [2.45, 2.75) is 0 Å². The molecule has 7 nitrogen and oxygen atoms in total. The van der Waals surface area contributed by atoms with Crippen LogP contribution in [0, 0.1) is 15.9 Å². The summed E-state index contributed by atoms with van der Waals surface area (Å²) in [6.45, 7) is 0. The smallest absolute Gasteiger partial charge is 0.342 e. The number of fused-ring (bicyclic) bond motifs is 1. The first-order valence-electron chi connectivity index (χ1n) is 6.70. The van der Waals surface area contributed by atoms with Gasteiger partial charge in [-0.1, -0.05) is 0 Å². The van der Waals surface area contributed by atoms with Crippen LogP contribution >= 0.6 is 0 Å². The quantitative estimate of drug-likeness (QED) is 0.446. The highest BCUT2D eigenvalue weighted by molar-refractivity contribution is 6.09. The number of benzene rings is 2. The third kappa shape index (κ3) is 2.43. The fourth-order valence-electron chi connectivity index (χ4n) is 2.38. The van der Waals surface area contributed by atoms with Crippen LogP contribution in [-0.4, -0.2) is 23.1 Å². The van der Waals surface area contributed by atoms with Crippen LogP contribution < -0.4 is 0 Å². The minimum Gasteiger partial charge on any atom is -0.502 e. The molecule has 0 aliphatic carbocycles. The van der Waals surface area contributed by atoms with Gasteiger partial charge in [0, 0.05) is 10.9 Å². The summed E-state index contributed by atoms with van der Waals surface area (Å²) in [5, 5.41) is 20.9. The number of esters is 1. The number of rotatable bonds is 3. The van der Waals surface area contributed by atoms with Gasteiger partial charge in [-0.05, 0) is 30.3 Å². The second-order valence-corrected chi connectivity index (χ2v) is 4.90. The van der Waals surface area contributed by atoms with Gasteiger partial charge >= 0.3 is 11.7 Å². The van der Waals surface area contributed by atoms with Crippen LogP contribution in [0.25, 0.3) is 22.3 Å². The Kier molecular flexibility index (Phi) is 3.64. The summed E-state index contributed by atoms with van der Waals surface area (Å²) in [5.41, 5.74) is -0.156. The van der Waals surface area contributed by atoms with Gasteiger partial charge < -0.3 is 14.3 Å². The summed E-state index contributed by atoms with van der Waals surface area (Å²) in [4.78, 5) is 22.3. The Bertz CT molecular complexity index is 961. The van der Waals surface area contributed by atoms with E-state index in [-0.39, 0.29) is 22.3 Å². The Labute approximate surface area is 134 Å². The van der Waals surface area contributed by atoms with Gasteiger partial charge in [0.25, 0.3) is 0 Å². The lowest BCUT2D eigenvalue weighted by Gasteiger charge is -2.02. The first kappa shape index (κ1) is 15.5. The summed E-state index contributed by atoms with van der Waals surface area (Å²) >= 11 is 0. The minimum absolute atomic E-state index is 0.00990. The van der Waals surface area contributed by atoms with E-state index in [9.17, 15) is 24.4 Å². The van der Waals surface area contributed by atoms with E-state index in [1.165, 1.54) is 31.4 Å². The van der Waals surface area contributed by atoms with Crippen molar-refractivity contribution in [1.29, 1.82) is 0 Å². The number of carbonyl (C=O) groups is 1. The number of hydrogen-bond acceptors (Lipinski definition) is 6. The van der Waals surface area contributed by atoms with Crippen molar-refractivity contribution < 1.29 is 28.4 Å². The molecule has 0 saturated carbocycles. The molecule has 1 N–H and O–H groups in total. The molecule has 1 aromatic heterocycles. The molecule has 24 heavy (non-hydrogen) atoms. The van der Waals surface area contributed by atoms with Gasteiger partial charge in [0.1, 0.15) is 22.7 Å². The van der Waals surface area contributed by atoms with Crippen LogP contribution in [0.3, 0.4) is 0 Å². The molecule has 2 aromatic carbocycles. The fraction of sp³-hybridized carbons (Fsp3) is 0.0625. The van der Waals surface area contributed by atoms with Crippen molar-refractivity contribution in [3.8, 4) is 17.1 Å². The van der Waals surface area contributed by atoms with Gasteiger partial charge in [0.2, 0.25) is 0 Å². The highest BCUT2D eigenvalue weighted by Gasteiger charge is 2.26. The van der Waals surface area contributed by atoms with E-state index in [1.807, 2.05) is 0 Å². The lowest BCUT2D eigenvalue weighted by molar-refractivity contribution is -0.385. The number of methoxy groups -OCH3 is 1. The Balaban J connectivity index is 2.33. The lowest BCUT2D eigenvalue weighted by Crippen LogP contribution is -2.02. The summed E-state index contributed by atoms with van der Waals surface area (Å²) in [5.74, 6) is -1.76. The van der Waals surface area contributed by atoms with Crippen LogP contribution in [-0.2, 0) is 4.74 Å². The summed E-state index contributed by atoms with van der Waals surface area (Å²) in [7, 11) is 1.17. The van der Waals surface area contributed by atoms with Gasteiger partial charge in [-0.25, -0.2) is 9.18 Å². The van der Waals surface area contributed by atoms with Gasteiger partial charge in [-0.2, -0.15) is 0 Å². The number of carbonyl (C=O) groups excluding carboxylic acids is 1. The monoisotopic (exact) mass is 331 g/mol. The van der Waals surface area contributed by atoms with Crippen molar-refractivity contribution in [3.63, 3.8) is 0 Å². The highest BCUT2D eigenvalue weighted by Crippen LogP contribution is 2.39. The van der Waals surface area contributed by atoms with Crippen molar-refractivity contribution in [1.82, 2.24) is 0 Å². The third-order valence-corrected chi connectivity index (χ3v) is 3.48. The average Bonchev–Trinajstić information content (AvgIpc) is 2.92. The molecule has 8 heteroatoms. The van der Waals surface area contributed by atoms with Crippen molar-refractivity contribution in [3.05, 3.63) is 57.9 Å². The van der Waals surface area contributed by atoms with E-state index < -0.39 is 28.1 Å². The highest BCUT2D eigenvalue weighted by atomic mass is 19.1. The molecule has 0 fully saturated rings. The number of hydrogen-bond donors (Lipinski definition) is 1. The van der Waals surface area contributed by atoms with Gasteiger partial charge in [0.05, 0.1) is 18.1 Å². The molecular weight excluding hydrogens is 321 g/mol. The molecule has 0 unspecified atom stereocenters. The molecular formula is C16H10FNO6. The topological polar surface area (TPSA) is 103 Å².